The molecule has 2 rings (SSSR count). The number of rotatable bonds is 2. The third kappa shape index (κ3) is 2.51. The molecule has 0 radical (unpaired) electrons. The Labute approximate surface area is 92.0 Å². The van der Waals surface area contributed by atoms with Gasteiger partial charge in [-0.3, -0.25) is 4.79 Å². The summed E-state index contributed by atoms with van der Waals surface area (Å²) >= 11 is 0. The molecule has 3 heteroatoms. The van der Waals surface area contributed by atoms with Crippen molar-refractivity contribution in [3.8, 4) is 0 Å². The van der Waals surface area contributed by atoms with Gasteiger partial charge in [-0.1, -0.05) is 19.8 Å². The molecule has 1 heterocycles. The molecule has 0 aromatic carbocycles. The maximum atomic E-state index is 12.0. The Kier molecular flexibility index (Phi) is 3.29. The van der Waals surface area contributed by atoms with Crippen molar-refractivity contribution in [2.75, 3.05) is 13.1 Å². The fourth-order valence-electron chi connectivity index (χ4n) is 2.79. The van der Waals surface area contributed by atoms with E-state index in [0.717, 1.165) is 19.5 Å². The van der Waals surface area contributed by atoms with Gasteiger partial charge in [0.05, 0.1) is 0 Å². The van der Waals surface area contributed by atoms with E-state index in [-0.39, 0.29) is 6.04 Å². The second-order valence-electron chi connectivity index (χ2n) is 5.29. The second kappa shape index (κ2) is 4.52. The smallest absolute Gasteiger partial charge is 0.222 e. The van der Waals surface area contributed by atoms with E-state index in [2.05, 4.69) is 6.92 Å². The molecular weight excluding hydrogens is 188 g/mol. The van der Waals surface area contributed by atoms with Crippen LogP contribution in [-0.2, 0) is 4.79 Å². The third-order valence-electron chi connectivity index (χ3n) is 3.96. The van der Waals surface area contributed by atoms with Crippen LogP contribution in [0.1, 0.15) is 39.0 Å². The van der Waals surface area contributed by atoms with Crippen molar-refractivity contribution in [1.82, 2.24) is 4.90 Å². The van der Waals surface area contributed by atoms with Crippen LogP contribution in [-0.4, -0.2) is 29.9 Å². The highest BCUT2D eigenvalue weighted by atomic mass is 16.2. The molecule has 2 aliphatic rings. The molecule has 0 aromatic heterocycles. The first-order chi connectivity index (χ1) is 7.16. The minimum absolute atomic E-state index is 0.192. The van der Waals surface area contributed by atoms with Crippen molar-refractivity contribution in [1.29, 1.82) is 0 Å². The van der Waals surface area contributed by atoms with Gasteiger partial charge < -0.3 is 10.6 Å². The van der Waals surface area contributed by atoms with E-state index in [4.69, 9.17) is 5.73 Å². The molecule has 0 aromatic rings. The lowest BCUT2D eigenvalue weighted by Gasteiger charge is -2.18. The summed E-state index contributed by atoms with van der Waals surface area (Å²) in [7, 11) is 0. The number of nitrogens with zero attached hydrogens (tertiary/aromatic N) is 1. The van der Waals surface area contributed by atoms with Gasteiger partial charge in [-0.05, 0) is 24.7 Å². The van der Waals surface area contributed by atoms with Gasteiger partial charge in [0.2, 0.25) is 5.91 Å². The molecule has 2 unspecified atom stereocenters. The Morgan fingerprint density at radius 2 is 2.00 bits per heavy atom. The Balaban J connectivity index is 1.81. The van der Waals surface area contributed by atoms with Crippen molar-refractivity contribution >= 4 is 5.91 Å². The lowest BCUT2D eigenvalue weighted by atomic mass is 10.0. The van der Waals surface area contributed by atoms with Crippen LogP contribution in [0.4, 0.5) is 0 Å². The molecule has 86 valence electrons. The molecule has 3 nitrogen and oxygen atoms in total. The molecule has 1 aliphatic carbocycles. The lowest BCUT2D eigenvalue weighted by Crippen LogP contribution is -2.32. The zero-order valence-corrected chi connectivity index (χ0v) is 9.61. The van der Waals surface area contributed by atoms with Gasteiger partial charge in [0.15, 0.2) is 0 Å². The minimum Gasteiger partial charge on any atom is -0.341 e. The first-order valence-corrected chi connectivity index (χ1v) is 6.20. The van der Waals surface area contributed by atoms with E-state index in [1.807, 2.05) is 4.90 Å². The fraction of sp³-hybridized carbons (Fsp3) is 0.917. The van der Waals surface area contributed by atoms with Crippen LogP contribution < -0.4 is 5.73 Å². The van der Waals surface area contributed by atoms with Crippen molar-refractivity contribution in [2.24, 2.45) is 17.6 Å². The number of hydrogen-bond donors (Lipinski definition) is 1. The number of hydrogen-bond acceptors (Lipinski definition) is 2. The standard InChI is InChI=1S/C12H22N2O/c1-9-7-14(8-11(9)13)12(15)6-10-4-2-3-5-10/h9-11H,2-8,13H2,1H3. The normalized spacial score (nSPS) is 32.5. The number of carbonyl (C=O) groups excluding carboxylic acids is 1. The summed E-state index contributed by atoms with van der Waals surface area (Å²) in [5, 5.41) is 0. The van der Waals surface area contributed by atoms with Crippen LogP contribution in [0.25, 0.3) is 0 Å². The molecule has 15 heavy (non-hydrogen) atoms. The summed E-state index contributed by atoms with van der Waals surface area (Å²) < 4.78 is 0. The summed E-state index contributed by atoms with van der Waals surface area (Å²) in [6.07, 6.45) is 5.89. The zero-order chi connectivity index (χ0) is 10.8. The summed E-state index contributed by atoms with van der Waals surface area (Å²) in [4.78, 5) is 13.9. The SMILES string of the molecule is CC1CN(C(=O)CC2CCCC2)CC1N. The lowest BCUT2D eigenvalue weighted by molar-refractivity contribution is -0.131. The number of carbonyl (C=O) groups is 1. The highest BCUT2D eigenvalue weighted by Crippen LogP contribution is 2.28. The van der Waals surface area contributed by atoms with E-state index < -0.39 is 0 Å². The van der Waals surface area contributed by atoms with Crippen LogP contribution in [0.15, 0.2) is 0 Å². The second-order valence-corrected chi connectivity index (χ2v) is 5.29. The quantitative estimate of drug-likeness (QED) is 0.748. The number of nitrogens with two attached hydrogens (primary N) is 1. The number of amides is 1. The van der Waals surface area contributed by atoms with Crippen molar-refractivity contribution in [3.63, 3.8) is 0 Å². The van der Waals surface area contributed by atoms with E-state index in [1.54, 1.807) is 0 Å². The molecule has 0 spiro atoms. The van der Waals surface area contributed by atoms with Crippen molar-refractivity contribution < 1.29 is 4.79 Å². The monoisotopic (exact) mass is 210 g/mol. The summed E-state index contributed by atoms with van der Waals surface area (Å²) in [5.41, 5.74) is 5.92. The van der Waals surface area contributed by atoms with Crippen LogP contribution >= 0.6 is 0 Å². The average Bonchev–Trinajstić information content (AvgIpc) is 2.78. The molecule has 1 amide bonds. The Morgan fingerprint density at radius 3 is 2.53 bits per heavy atom. The molecular formula is C12H22N2O. The van der Waals surface area contributed by atoms with Gasteiger partial charge in [-0.2, -0.15) is 0 Å². The van der Waals surface area contributed by atoms with Gasteiger partial charge in [0.1, 0.15) is 0 Å². The molecule has 1 saturated heterocycles. The summed E-state index contributed by atoms with van der Waals surface area (Å²) in [6.45, 7) is 3.77. The van der Waals surface area contributed by atoms with E-state index >= 15 is 0 Å². The highest BCUT2D eigenvalue weighted by molar-refractivity contribution is 5.76. The van der Waals surface area contributed by atoms with Crippen molar-refractivity contribution in [3.05, 3.63) is 0 Å². The number of likely N-dealkylation sites (tertiary alicyclic amines) is 1. The molecule has 2 fully saturated rings. The van der Waals surface area contributed by atoms with Crippen LogP contribution in [0.3, 0.4) is 0 Å². The first-order valence-electron chi connectivity index (χ1n) is 6.20. The Bertz CT molecular complexity index is 226. The predicted octanol–water partition coefficient (Wildman–Crippen LogP) is 1.37. The maximum absolute atomic E-state index is 12.0. The average molecular weight is 210 g/mol. The molecule has 2 atom stereocenters. The van der Waals surface area contributed by atoms with Gasteiger partial charge in [-0.25, -0.2) is 0 Å². The summed E-state index contributed by atoms with van der Waals surface area (Å²) in [5.74, 6) is 1.46. The van der Waals surface area contributed by atoms with Crippen LogP contribution in [0, 0.1) is 11.8 Å². The largest absolute Gasteiger partial charge is 0.341 e. The van der Waals surface area contributed by atoms with E-state index in [0.29, 0.717) is 17.7 Å². The van der Waals surface area contributed by atoms with Crippen molar-refractivity contribution in [2.45, 2.75) is 45.1 Å². The Hall–Kier alpha value is -0.570. The van der Waals surface area contributed by atoms with Crippen LogP contribution in [0.5, 0.6) is 0 Å². The van der Waals surface area contributed by atoms with E-state index in [9.17, 15) is 4.79 Å². The summed E-state index contributed by atoms with van der Waals surface area (Å²) in [6, 6.07) is 0.192. The highest BCUT2D eigenvalue weighted by Gasteiger charge is 2.31. The topological polar surface area (TPSA) is 46.3 Å². The van der Waals surface area contributed by atoms with Crippen LogP contribution in [0.2, 0.25) is 0 Å². The maximum Gasteiger partial charge on any atom is 0.222 e. The fourth-order valence-corrected chi connectivity index (χ4v) is 2.79. The van der Waals surface area contributed by atoms with Gasteiger partial charge in [0.25, 0.3) is 0 Å². The molecule has 2 N–H and O–H groups in total. The zero-order valence-electron chi connectivity index (χ0n) is 9.61. The molecule has 1 saturated carbocycles. The minimum atomic E-state index is 0.192. The Morgan fingerprint density at radius 1 is 1.33 bits per heavy atom. The first kappa shape index (κ1) is 10.9. The predicted molar refractivity (Wildman–Crippen MR) is 60.3 cm³/mol. The van der Waals surface area contributed by atoms with E-state index in [1.165, 1.54) is 25.7 Å². The third-order valence-corrected chi connectivity index (χ3v) is 3.96. The van der Waals surface area contributed by atoms with Gasteiger partial charge in [0, 0.05) is 25.6 Å². The molecule has 1 aliphatic heterocycles. The molecule has 0 bridgehead atoms. The van der Waals surface area contributed by atoms with Gasteiger partial charge in [-0.15, -0.1) is 0 Å². The van der Waals surface area contributed by atoms with Gasteiger partial charge >= 0.3 is 0 Å².